The molecule has 0 saturated carbocycles. The molecule has 2 unspecified atom stereocenters. The number of nitrogens with zero attached hydrogens (tertiary/aromatic N) is 2. The molecule has 2 heterocycles. The van der Waals surface area contributed by atoms with E-state index in [2.05, 4.69) is 10.3 Å². The molecule has 2 amide bonds. The van der Waals surface area contributed by atoms with Crippen molar-refractivity contribution in [1.82, 2.24) is 10.2 Å². The van der Waals surface area contributed by atoms with Gasteiger partial charge in [0.2, 0.25) is 12.5 Å². The number of aliphatic imine (C=N–C) groups is 1. The largest absolute Gasteiger partial charge is 0.344 e. The Hall–Kier alpha value is -1.33. The number of carbonyl (C=O) groups is 2. The topological polar surface area (TPSA) is 78.8 Å². The minimum atomic E-state index is -0.492. The lowest BCUT2D eigenvalue weighted by atomic mass is 10.0. The lowest BCUT2D eigenvalue weighted by Crippen LogP contribution is -2.68. The highest BCUT2D eigenvalue weighted by Gasteiger charge is 2.61. The number of nitrogens with one attached hydrogen (secondary N) is 1. The first-order chi connectivity index (χ1) is 7.53. The van der Waals surface area contributed by atoms with Crippen LogP contribution in [0.3, 0.4) is 0 Å². The quantitative estimate of drug-likeness (QED) is 0.311. The van der Waals surface area contributed by atoms with E-state index in [0.29, 0.717) is 6.41 Å². The molecular weight excluding hydrogens is 230 g/mol. The second-order valence-electron chi connectivity index (χ2n) is 4.21. The van der Waals surface area contributed by atoms with Crippen molar-refractivity contribution in [3.05, 3.63) is 0 Å². The molecule has 0 aromatic heterocycles. The lowest BCUT2D eigenvalue weighted by Gasteiger charge is -2.42. The standard InChI is InChI=1S/C9H11N3O3S/c1-9(2)8(11-4-14)12-6(15)5(10-3-13)7(12)16-9/h3,5,7-8H,1-2H3,(H,10,13)/t5?,7-,8?/m1/s1. The molecule has 0 spiro atoms. The van der Waals surface area contributed by atoms with E-state index in [4.69, 9.17) is 0 Å². The molecule has 7 heteroatoms. The van der Waals surface area contributed by atoms with E-state index in [9.17, 15) is 14.4 Å². The van der Waals surface area contributed by atoms with Crippen LogP contribution >= 0.6 is 11.8 Å². The Morgan fingerprint density at radius 2 is 2.31 bits per heavy atom. The fourth-order valence-electron chi connectivity index (χ4n) is 2.07. The number of rotatable bonds is 3. The van der Waals surface area contributed by atoms with Crippen LogP contribution < -0.4 is 5.32 Å². The highest BCUT2D eigenvalue weighted by atomic mass is 32.2. The Balaban J connectivity index is 2.24. The van der Waals surface area contributed by atoms with E-state index in [-0.39, 0.29) is 16.0 Å². The Bertz CT molecular complexity index is 391. The van der Waals surface area contributed by atoms with Gasteiger partial charge in [-0.05, 0) is 13.8 Å². The van der Waals surface area contributed by atoms with Crippen molar-refractivity contribution in [3.63, 3.8) is 0 Å². The van der Waals surface area contributed by atoms with Gasteiger partial charge in [0.25, 0.3) is 5.91 Å². The third-order valence-electron chi connectivity index (χ3n) is 2.81. The van der Waals surface area contributed by atoms with Gasteiger partial charge in [-0.15, -0.1) is 11.8 Å². The van der Waals surface area contributed by atoms with Gasteiger partial charge >= 0.3 is 0 Å². The van der Waals surface area contributed by atoms with E-state index < -0.39 is 12.2 Å². The predicted molar refractivity (Wildman–Crippen MR) is 57.2 cm³/mol. The van der Waals surface area contributed by atoms with E-state index in [1.807, 2.05) is 13.8 Å². The van der Waals surface area contributed by atoms with Crippen LogP contribution in [0.1, 0.15) is 13.8 Å². The summed E-state index contributed by atoms with van der Waals surface area (Å²) in [4.78, 5) is 37.6. The van der Waals surface area contributed by atoms with Crippen LogP contribution in [0.4, 0.5) is 0 Å². The van der Waals surface area contributed by atoms with Gasteiger partial charge in [-0.1, -0.05) is 0 Å². The second kappa shape index (κ2) is 3.61. The fourth-order valence-corrected chi connectivity index (χ4v) is 3.65. The zero-order valence-electron chi connectivity index (χ0n) is 8.84. The molecule has 6 nitrogen and oxygen atoms in total. The van der Waals surface area contributed by atoms with Crippen LogP contribution in [-0.2, 0) is 14.4 Å². The van der Waals surface area contributed by atoms with Crippen molar-refractivity contribution in [1.29, 1.82) is 0 Å². The Morgan fingerprint density at radius 1 is 1.62 bits per heavy atom. The third-order valence-corrected chi connectivity index (χ3v) is 4.37. The molecular formula is C9H11N3O3S. The molecule has 2 aliphatic rings. The summed E-state index contributed by atoms with van der Waals surface area (Å²) in [5.74, 6) is -0.195. The van der Waals surface area contributed by atoms with E-state index in [1.54, 1.807) is 0 Å². The molecule has 0 aromatic rings. The first kappa shape index (κ1) is 11.2. The van der Waals surface area contributed by atoms with E-state index in [1.165, 1.54) is 22.7 Å². The highest BCUT2D eigenvalue weighted by molar-refractivity contribution is 8.01. The lowest BCUT2D eigenvalue weighted by molar-refractivity contribution is -0.149. The smallest absolute Gasteiger partial charge is 0.250 e. The van der Waals surface area contributed by atoms with Gasteiger partial charge < -0.3 is 10.2 Å². The average Bonchev–Trinajstić information content (AvgIpc) is 2.46. The molecule has 2 fully saturated rings. The number of hydrogen-bond acceptors (Lipinski definition) is 5. The van der Waals surface area contributed by atoms with Crippen molar-refractivity contribution in [2.75, 3.05) is 0 Å². The first-order valence-electron chi connectivity index (χ1n) is 4.79. The molecule has 86 valence electrons. The van der Waals surface area contributed by atoms with Gasteiger partial charge in [-0.25, -0.2) is 4.79 Å². The Kier molecular flexibility index (Phi) is 2.52. The molecule has 3 atom stereocenters. The molecule has 0 aliphatic carbocycles. The average molecular weight is 241 g/mol. The van der Waals surface area contributed by atoms with E-state index in [0.717, 1.165) is 0 Å². The van der Waals surface area contributed by atoms with Crippen molar-refractivity contribution < 1.29 is 14.4 Å². The van der Waals surface area contributed by atoms with Crippen molar-refractivity contribution in [2.45, 2.75) is 36.2 Å². The minimum Gasteiger partial charge on any atom is -0.344 e. The number of fused-ring (bicyclic) bond motifs is 1. The number of β-lactam (4-membered cyclic amide) rings is 1. The Morgan fingerprint density at radius 3 is 2.88 bits per heavy atom. The van der Waals surface area contributed by atoms with Gasteiger partial charge in [-0.2, -0.15) is 4.99 Å². The molecule has 2 aliphatic heterocycles. The van der Waals surface area contributed by atoms with Crippen LogP contribution in [0, 0.1) is 0 Å². The zero-order chi connectivity index (χ0) is 11.9. The predicted octanol–water partition coefficient (Wildman–Crippen LogP) is -0.543. The summed E-state index contributed by atoms with van der Waals surface area (Å²) in [7, 11) is 0. The summed E-state index contributed by atoms with van der Waals surface area (Å²) >= 11 is 1.53. The molecule has 2 saturated heterocycles. The van der Waals surface area contributed by atoms with Gasteiger partial charge in [0.05, 0.1) is 4.75 Å². The van der Waals surface area contributed by atoms with Crippen LogP contribution in [0.2, 0.25) is 0 Å². The van der Waals surface area contributed by atoms with E-state index >= 15 is 0 Å². The number of hydrogen-bond donors (Lipinski definition) is 1. The van der Waals surface area contributed by atoms with Gasteiger partial charge in [-0.3, -0.25) is 9.59 Å². The van der Waals surface area contributed by atoms with Crippen molar-refractivity contribution in [3.8, 4) is 0 Å². The fraction of sp³-hybridized carbons (Fsp3) is 0.667. The van der Waals surface area contributed by atoms with Crippen molar-refractivity contribution >= 4 is 30.2 Å². The van der Waals surface area contributed by atoms with Crippen LogP contribution in [0.5, 0.6) is 0 Å². The molecule has 0 radical (unpaired) electrons. The maximum absolute atomic E-state index is 11.7. The van der Waals surface area contributed by atoms with Crippen LogP contribution in [0.15, 0.2) is 4.99 Å². The maximum Gasteiger partial charge on any atom is 0.250 e. The molecule has 16 heavy (non-hydrogen) atoms. The highest BCUT2D eigenvalue weighted by Crippen LogP contribution is 2.50. The molecule has 0 bridgehead atoms. The second-order valence-corrected chi connectivity index (χ2v) is 5.98. The zero-order valence-corrected chi connectivity index (χ0v) is 9.65. The molecule has 0 aromatic carbocycles. The summed E-state index contributed by atoms with van der Waals surface area (Å²) in [6.07, 6.45) is 1.52. The van der Waals surface area contributed by atoms with Gasteiger partial charge in [0, 0.05) is 0 Å². The maximum atomic E-state index is 11.7. The summed E-state index contributed by atoms with van der Waals surface area (Å²) in [6, 6.07) is -0.492. The minimum absolute atomic E-state index is 0.130. The summed E-state index contributed by atoms with van der Waals surface area (Å²) in [5.41, 5.74) is 0. The Labute approximate surface area is 96.5 Å². The monoisotopic (exact) mass is 241 g/mol. The van der Waals surface area contributed by atoms with Crippen LogP contribution in [0.25, 0.3) is 0 Å². The molecule has 2 rings (SSSR count). The normalized spacial score (nSPS) is 34.8. The van der Waals surface area contributed by atoms with Crippen molar-refractivity contribution in [2.24, 2.45) is 4.99 Å². The van der Waals surface area contributed by atoms with Gasteiger partial charge in [0.15, 0.2) is 6.17 Å². The number of amides is 2. The number of carbonyl (C=O) groups excluding carboxylic acids is 3. The van der Waals surface area contributed by atoms with Crippen LogP contribution in [-0.4, -0.2) is 45.6 Å². The first-order valence-corrected chi connectivity index (χ1v) is 5.67. The summed E-state index contributed by atoms with van der Waals surface area (Å²) < 4.78 is -0.336. The van der Waals surface area contributed by atoms with Gasteiger partial charge in [0.1, 0.15) is 11.4 Å². The molecule has 1 N–H and O–H groups in total. The summed E-state index contributed by atoms with van der Waals surface area (Å²) in [6.45, 7) is 3.82. The number of thioether (sulfide) groups is 1. The third kappa shape index (κ3) is 1.36. The SMILES string of the molecule is CC1(C)S[C@@H]2C(NC=O)C(=O)N2C1N=C=O. The summed E-state index contributed by atoms with van der Waals surface area (Å²) in [5, 5.41) is 2.34. The number of isocyanates is 1.